The first kappa shape index (κ1) is 14.2. The fourth-order valence-electron chi connectivity index (χ4n) is 2.18. The van der Waals surface area contributed by atoms with Crippen molar-refractivity contribution >= 4 is 0 Å². The van der Waals surface area contributed by atoms with Crippen LogP contribution in [0.5, 0.6) is 0 Å². The van der Waals surface area contributed by atoms with E-state index in [1.165, 1.54) is 12.0 Å². The molecule has 17 heavy (non-hydrogen) atoms. The molecule has 1 nitrogen and oxygen atoms in total. The lowest BCUT2D eigenvalue weighted by atomic mass is 10.0. The van der Waals surface area contributed by atoms with Gasteiger partial charge in [0.05, 0.1) is 0 Å². The van der Waals surface area contributed by atoms with E-state index in [9.17, 15) is 4.39 Å². The number of benzene rings is 1. The van der Waals surface area contributed by atoms with Crippen molar-refractivity contribution in [3.63, 3.8) is 0 Å². The first-order chi connectivity index (χ1) is 7.99. The van der Waals surface area contributed by atoms with Crippen LogP contribution >= 0.6 is 0 Å². The predicted octanol–water partition coefficient (Wildman–Crippen LogP) is 3.70. The van der Waals surface area contributed by atoms with Gasteiger partial charge < -0.3 is 5.32 Å². The van der Waals surface area contributed by atoms with Crippen molar-refractivity contribution in [1.29, 1.82) is 0 Å². The molecular weight excluding hydrogens is 213 g/mol. The number of nitrogens with one attached hydrogen (secondary N) is 1. The van der Waals surface area contributed by atoms with Crippen LogP contribution in [-0.4, -0.2) is 12.6 Å². The van der Waals surface area contributed by atoms with Crippen LogP contribution in [-0.2, 0) is 6.42 Å². The average molecular weight is 237 g/mol. The highest BCUT2D eigenvalue weighted by molar-refractivity contribution is 5.26. The molecule has 0 aromatic heterocycles. The summed E-state index contributed by atoms with van der Waals surface area (Å²) in [6.45, 7) is 9.62. The molecule has 0 aliphatic rings. The summed E-state index contributed by atoms with van der Waals surface area (Å²) in [5.74, 6) is 0.581. The van der Waals surface area contributed by atoms with Gasteiger partial charge in [-0.3, -0.25) is 0 Å². The Morgan fingerprint density at radius 1 is 1.24 bits per heavy atom. The lowest BCUT2D eigenvalue weighted by molar-refractivity contribution is 0.444. The summed E-state index contributed by atoms with van der Waals surface area (Å²) in [7, 11) is 0. The molecule has 0 saturated carbocycles. The zero-order valence-corrected chi connectivity index (χ0v) is 11.4. The molecule has 1 atom stereocenters. The molecule has 0 fully saturated rings. The average Bonchev–Trinajstić information content (AvgIpc) is 2.20. The summed E-state index contributed by atoms with van der Waals surface area (Å²) in [5.41, 5.74) is 2.28. The van der Waals surface area contributed by atoms with Gasteiger partial charge in [0.2, 0.25) is 0 Å². The third-order valence-electron chi connectivity index (χ3n) is 3.02. The molecule has 0 radical (unpaired) electrons. The van der Waals surface area contributed by atoms with Crippen LogP contribution in [0.25, 0.3) is 0 Å². The summed E-state index contributed by atoms with van der Waals surface area (Å²) in [4.78, 5) is 0. The molecule has 0 aliphatic carbocycles. The Morgan fingerprint density at radius 2 is 1.94 bits per heavy atom. The van der Waals surface area contributed by atoms with Gasteiger partial charge in [-0.2, -0.15) is 0 Å². The Hall–Kier alpha value is -0.890. The largest absolute Gasteiger partial charge is 0.314 e. The zero-order valence-electron chi connectivity index (χ0n) is 11.4. The highest BCUT2D eigenvalue weighted by atomic mass is 19.1. The summed E-state index contributed by atoms with van der Waals surface area (Å²) in [5, 5.41) is 3.51. The van der Waals surface area contributed by atoms with Crippen molar-refractivity contribution in [3.05, 3.63) is 35.1 Å². The lowest BCUT2D eigenvalue weighted by Crippen LogP contribution is -2.29. The minimum atomic E-state index is -0.146. The second-order valence-electron chi connectivity index (χ2n) is 5.31. The van der Waals surface area contributed by atoms with Gasteiger partial charge in [-0.1, -0.05) is 19.9 Å². The van der Waals surface area contributed by atoms with Crippen LogP contribution in [0.15, 0.2) is 18.2 Å². The number of aryl methyl sites for hydroxylation is 1. The van der Waals surface area contributed by atoms with Gasteiger partial charge in [-0.05, 0) is 62.4 Å². The fourth-order valence-corrected chi connectivity index (χ4v) is 2.18. The lowest BCUT2D eigenvalue weighted by Gasteiger charge is -2.16. The smallest absolute Gasteiger partial charge is 0.123 e. The predicted molar refractivity (Wildman–Crippen MR) is 71.8 cm³/mol. The van der Waals surface area contributed by atoms with Crippen molar-refractivity contribution in [3.8, 4) is 0 Å². The molecular formula is C15H24FN. The van der Waals surface area contributed by atoms with E-state index in [-0.39, 0.29) is 5.82 Å². The molecule has 1 rings (SSSR count). The Kier molecular flexibility index (Phi) is 5.63. The third kappa shape index (κ3) is 5.31. The van der Waals surface area contributed by atoms with Crippen LogP contribution in [0, 0.1) is 18.7 Å². The van der Waals surface area contributed by atoms with Gasteiger partial charge in [0, 0.05) is 6.04 Å². The molecule has 2 heteroatoms. The Labute approximate surface area is 104 Å². The summed E-state index contributed by atoms with van der Waals surface area (Å²) in [6, 6.07) is 5.59. The summed E-state index contributed by atoms with van der Waals surface area (Å²) < 4.78 is 12.9. The van der Waals surface area contributed by atoms with E-state index < -0.39 is 0 Å². The van der Waals surface area contributed by atoms with Gasteiger partial charge in [-0.25, -0.2) is 4.39 Å². The molecule has 1 unspecified atom stereocenters. The molecule has 0 aliphatic heterocycles. The highest BCUT2D eigenvalue weighted by Gasteiger charge is 2.05. The number of halogens is 1. The molecule has 0 saturated heterocycles. The van der Waals surface area contributed by atoms with E-state index in [4.69, 9.17) is 0 Å². The summed E-state index contributed by atoms with van der Waals surface area (Å²) >= 11 is 0. The highest BCUT2D eigenvalue weighted by Crippen LogP contribution is 2.10. The quantitative estimate of drug-likeness (QED) is 0.795. The van der Waals surface area contributed by atoms with E-state index in [0.717, 1.165) is 24.4 Å². The maximum Gasteiger partial charge on any atom is 0.123 e. The maximum absolute atomic E-state index is 12.9. The standard InChI is InChI=1S/C15H24FN/c1-11(2)9-13(4)17-8-7-14-5-6-15(16)10-12(14)3/h5-6,10-11,13,17H,7-9H2,1-4H3. The van der Waals surface area contributed by atoms with Crippen molar-refractivity contribution < 1.29 is 4.39 Å². The van der Waals surface area contributed by atoms with Gasteiger partial charge in [0.1, 0.15) is 5.82 Å². The molecule has 96 valence electrons. The van der Waals surface area contributed by atoms with Gasteiger partial charge in [-0.15, -0.1) is 0 Å². The Balaban J connectivity index is 2.35. The molecule has 0 heterocycles. The first-order valence-electron chi connectivity index (χ1n) is 6.47. The minimum absolute atomic E-state index is 0.146. The number of hydrogen-bond donors (Lipinski definition) is 1. The maximum atomic E-state index is 12.9. The molecule has 0 spiro atoms. The van der Waals surface area contributed by atoms with Crippen LogP contribution in [0.2, 0.25) is 0 Å². The van der Waals surface area contributed by atoms with Crippen LogP contribution in [0.4, 0.5) is 4.39 Å². The molecule has 1 aromatic carbocycles. The van der Waals surface area contributed by atoms with E-state index in [1.807, 2.05) is 13.0 Å². The van der Waals surface area contributed by atoms with Crippen LogP contribution in [0.1, 0.15) is 38.3 Å². The van der Waals surface area contributed by atoms with E-state index in [2.05, 4.69) is 26.1 Å². The Bertz CT molecular complexity index is 347. The minimum Gasteiger partial charge on any atom is -0.314 e. The van der Waals surface area contributed by atoms with E-state index >= 15 is 0 Å². The van der Waals surface area contributed by atoms with Gasteiger partial charge in [0.15, 0.2) is 0 Å². The van der Waals surface area contributed by atoms with Gasteiger partial charge in [0.25, 0.3) is 0 Å². The molecule has 0 bridgehead atoms. The monoisotopic (exact) mass is 237 g/mol. The SMILES string of the molecule is Cc1cc(F)ccc1CCNC(C)CC(C)C. The first-order valence-corrected chi connectivity index (χ1v) is 6.47. The van der Waals surface area contributed by atoms with Crippen molar-refractivity contribution in [2.45, 2.75) is 46.6 Å². The second kappa shape index (κ2) is 6.75. The third-order valence-corrected chi connectivity index (χ3v) is 3.02. The molecule has 1 aromatic rings. The van der Waals surface area contributed by atoms with Crippen molar-refractivity contribution in [2.75, 3.05) is 6.54 Å². The topological polar surface area (TPSA) is 12.0 Å². The van der Waals surface area contributed by atoms with Crippen LogP contribution in [0.3, 0.4) is 0 Å². The normalized spacial score (nSPS) is 13.1. The second-order valence-corrected chi connectivity index (χ2v) is 5.31. The number of hydrogen-bond acceptors (Lipinski definition) is 1. The molecule has 0 amide bonds. The number of rotatable bonds is 6. The molecule has 1 N–H and O–H groups in total. The van der Waals surface area contributed by atoms with Crippen molar-refractivity contribution in [1.82, 2.24) is 5.32 Å². The van der Waals surface area contributed by atoms with E-state index in [0.29, 0.717) is 6.04 Å². The fraction of sp³-hybridized carbons (Fsp3) is 0.600. The van der Waals surface area contributed by atoms with E-state index in [1.54, 1.807) is 12.1 Å². The zero-order chi connectivity index (χ0) is 12.8. The Morgan fingerprint density at radius 3 is 2.53 bits per heavy atom. The van der Waals surface area contributed by atoms with Crippen molar-refractivity contribution in [2.24, 2.45) is 5.92 Å². The van der Waals surface area contributed by atoms with Crippen LogP contribution < -0.4 is 5.32 Å². The summed E-state index contributed by atoms with van der Waals surface area (Å²) in [6.07, 6.45) is 2.16. The van der Waals surface area contributed by atoms with Gasteiger partial charge >= 0.3 is 0 Å².